The minimum absolute atomic E-state index is 0.602. The highest BCUT2D eigenvalue weighted by Crippen LogP contribution is 1.82. The second-order valence-corrected chi connectivity index (χ2v) is 0.915. The molecule has 7 heavy (non-hydrogen) atoms. The SMILES string of the molecule is Fc1[c]cnn[c]1. The minimum Gasteiger partial charge on any atom is -0.204 e. The van der Waals surface area contributed by atoms with Gasteiger partial charge in [0.1, 0.15) is 0 Å². The van der Waals surface area contributed by atoms with Gasteiger partial charge in [-0.2, -0.15) is 5.10 Å². The molecule has 1 aromatic heterocycles. The molecule has 0 saturated heterocycles. The van der Waals surface area contributed by atoms with Gasteiger partial charge >= 0.3 is 0 Å². The highest BCUT2D eigenvalue weighted by molar-refractivity contribution is 4.80. The summed E-state index contributed by atoms with van der Waals surface area (Å²) in [6.45, 7) is 0. The van der Waals surface area contributed by atoms with E-state index in [0.29, 0.717) is 0 Å². The van der Waals surface area contributed by atoms with Crippen LogP contribution in [0.3, 0.4) is 0 Å². The van der Waals surface area contributed by atoms with Crippen LogP contribution < -0.4 is 0 Å². The number of halogens is 1. The molecule has 0 saturated carbocycles. The quantitative estimate of drug-likeness (QED) is 0.461. The van der Waals surface area contributed by atoms with Gasteiger partial charge in [0.15, 0.2) is 12.0 Å². The molecule has 2 nitrogen and oxygen atoms in total. The first-order chi connectivity index (χ1) is 3.39. The average Bonchev–Trinajstić information content (AvgIpc) is 1.69. The first-order valence-corrected chi connectivity index (χ1v) is 1.66. The normalized spacial score (nSPS) is 8.71. The maximum absolute atomic E-state index is 11.7. The Balaban J connectivity index is 3.02. The molecule has 0 aliphatic heterocycles. The maximum atomic E-state index is 11.7. The monoisotopic (exact) mass is 96.0 g/mol. The minimum atomic E-state index is -0.602. The van der Waals surface area contributed by atoms with Crippen molar-refractivity contribution in [1.29, 1.82) is 0 Å². The number of hydrogen-bond donors (Lipinski definition) is 0. The fraction of sp³-hybridized carbons (Fsp3) is 0. The standard InChI is InChI=1S/C4HFN2/c5-4-1-2-6-7-3-4/h2H. The summed E-state index contributed by atoms with van der Waals surface area (Å²) in [5.41, 5.74) is 0. The summed E-state index contributed by atoms with van der Waals surface area (Å²) in [6, 6.07) is 2.14. The predicted molar refractivity (Wildman–Crippen MR) is 19.7 cm³/mol. The van der Waals surface area contributed by atoms with E-state index in [0.717, 1.165) is 6.20 Å². The van der Waals surface area contributed by atoms with Crippen LogP contribution in [0.15, 0.2) is 6.20 Å². The average molecular weight is 96.1 g/mol. The van der Waals surface area contributed by atoms with Crippen molar-refractivity contribution in [2.75, 3.05) is 0 Å². The number of hydrogen-bond acceptors (Lipinski definition) is 2. The number of aromatic nitrogens is 2. The van der Waals surface area contributed by atoms with Gasteiger partial charge in [0.2, 0.25) is 0 Å². The van der Waals surface area contributed by atoms with Crippen LogP contribution in [-0.4, -0.2) is 10.2 Å². The van der Waals surface area contributed by atoms with Crippen molar-refractivity contribution in [3.05, 3.63) is 24.3 Å². The van der Waals surface area contributed by atoms with Gasteiger partial charge in [-0.05, 0) is 0 Å². The van der Waals surface area contributed by atoms with Gasteiger partial charge in [0, 0.05) is 6.07 Å². The lowest BCUT2D eigenvalue weighted by Gasteiger charge is -1.74. The smallest absolute Gasteiger partial charge is 0.162 e. The molecule has 0 atom stereocenters. The zero-order chi connectivity index (χ0) is 5.11. The van der Waals surface area contributed by atoms with E-state index in [1.54, 1.807) is 0 Å². The molecule has 34 valence electrons. The molecule has 0 aliphatic rings. The molecule has 2 radical (unpaired) electrons. The van der Waals surface area contributed by atoms with E-state index >= 15 is 0 Å². The highest BCUT2D eigenvalue weighted by Gasteiger charge is 1.82. The Hall–Kier alpha value is -0.990. The van der Waals surface area contributed by atoms with Crippen LogP contribution in [0.4, 0.5) is 4.39 Å². The lowest BCUT2D eigenvalue weighted by molar-refractivity contribution is 0.609. The molecule has 0 aliphatic carbocycles. The zero-order valence-electron chi connectivity index (χ0n) is 3.35. The van der Waals surface area contributed by atoms with Crippen LogP contribution >= 0.6 is 0 Å². The van der Waals surface area contributed by atoms with E-state index in [1.807, 2.05) is 6.20 Å². The fourth-order valence-electron chi connectivity index (χ4n) is 0.219. The van der Waals surface area contributed by atoms with Gasteiger partial charge in [-0.15, -0.1) is 5.10 Å². The van der Waals surface area contributed by atoms with Crippen LogP contribution in [0.5, 0.6) is 0 Å². The summed E-state index contributed by atoms with van der Waals surface area (Å²) in [7, 11) is 0. The van der Waals surface area contributed by atoms with Crippen LogP contribution in [0, 0.1) is 18.1 Å². The molecule has 0 amide bonds. The van der Waals surface area contributed by atoms with Gasteiger partial charge in [-0.25, -0.2) is 4.39 Å². The first-order valence-electron chi connectivity index (χ1n) is 1.66. The Morgan fingerprint density at radius 3 is 2.86 bits per heavy atom. The lowest BCUT2D eigenvalue weighted by atomic mass is 10.6. The van der Waals surface area contributed by atoms with Crippen LogP contribution in [0.25, 0.3) is 0 Å². The molecule has 1 heterocycles. The first kappa shape index (κ1) is 4.18. The predicted octanol–water partition coefficient (Wildman–Crippen LogP) is 0.216. The van der Waals surface area contributed by atoms with Gasteiger partial charge in [0.05, 0.1) is 6.20 Å². The van der Waals surface area contributed by atoms with Gasteiger partial charge in [-0.1, -0.05) is 0 Å². The topological polar surface area (TPSA) is 25.8 Å². The van der Waals surface area contributed by atoms with E-state index < -0.39 is 5.82 Å². The summed E-state index contributed by atoms with van der Waals surface area (Å²) >= 11 is 0. The summed E-state index contributed by atoms with van der Waals surface area (Å²) in [6.07, 6.45) is 3.09. The molecule has 3 heteroatoms. The molecule has 0 N–H and O–H groups in total. The van der Waals surface area contributed by atoms with Crippen LogP contribution in [-0.2, 0) is 0 Å². The summed E-state index contributed by atoms with van der Waals surface area (Å²) in [4.78, 5) is 0. The Kier molecular flexibility index (Phi) is 0.978. The Morgan fingerprint density at radius 1 is 1.71 bits per heavy atom. The third kappa shape index (κ3) is 0.924. The van der Waals surface area contributed by atoms with E-state index in [2.05, 4.69) is 16.3 Å². The Morgan fingerprint density at radius 2 is 2.57 bits per heavy atom. The van der Waals surface area contributed by atoms with Gasteiger partial charge < -0.3 is 0 Å². The van der Waals surface area contributed by atoms with E-state index in [-0.39, 0.29) is 0 Å². The third-order valence-corrected chi connectivity index (χ3v) is 0.455. The molecule has 0 fully saturated rings. The van der Waals surface area contributed by atoms with Crippen LogP contribution in [0.2, 0.25) is 0 Å². The zero-order valence-corrected chi connectivity index (χ0v) is 3.35. The fourth-order valence-corrected chi connectivity index (χ4v) is 0.219. The van der Waals surface area contributed by atoms with Crippen molar-refractivity contribution < 1.29 is 4.39 Å². The van der Waals surface area contributed by atoms with Crippen molar-refractivity contribution in [1.82, 2.24) is 10.2 Å². The van der Waals surface area contributed by atoms with E-state index in [9.17, 15) is 4.39 Å². The molecule has 1 rings (SSSR count). The Bertz CT molecular complexity index is 140. The molecular formula is C4HFN2. The molecule has 0 spiro atoms. The van der Waals surface area contributed by atoms with Gasteiger partial charge in [0.25, 0.3) is 0 Å². The molecule has 1 aromatic rings. The van der Waals surface area contributed by atoms with E-state index in [4.69, 9.17) is 0 Å². The van der Waals surface area contributed by atoms with Crippen molar-refractivity contribution in [2.45, 2.75) is 0 Å². The van der Waals surface area contributed by atoms with Gasteiger partial charge in [-0.3, -0.25) is 0 Å². The second kappa shape index (κ2) is 1.64. The lowest BCUT2D eigenvalue weighted by Crippen LogP contribution is -1.79. The maximum Gasteiger partial charge on any atom is 0.162 e. The number of nitrogens with zero attached hydrogens (tertiary/aromatic N) is 2. The molecule has 0 aromatic carbocycles. The largest absolute Gasteiger partial charge is 0.204 e. The van der Waals surface area contributed by atoms with Crippen molar-refractivity contribution >= 4 is 0 Å². The highest BCUT2D eigenvalue weighted by atomic mass is 19.1. The van der Waals surface area contributed by atoms with Crippen molar-refractivity contribution in [3.8, 4) is 0 Å². The van der Waals surface area contributed by atoms with Crippen LogP contribution in [0.1, 0.15) is 0 Å². The summed E-state index contributed by atoms with van der Waals surface area (Å²) in [5, 5.41) is 6.35. The summed E-state index contributed by atoms with van der Waals surface area (Å²) < 4.78 is 11.7. The van der Waals surface area contributed by atoms with E-state index in [1.165, 1.54) is 0 Å². The molecular weight excluding hydrogens is 95.1 g/mol. The summed E-state index contributed by atoms with van der Waals surface area (Å²) in [5.74, 6) is -0.602. The molecule has 0 unspecified atom stereocenters. The molecule has 0 bridgehead atoms. The second-order valence-electron chi connectivity index (χ2n) is 0.915. The third-order valence-electron chi connectivity index (χ3n) is 0.455. The van der Waals surface area contributed by atoms with Crippen molar-refractivity contribution in [2.24, 2.45) is 0 Å². The number of rotatable bonds is 0. The Labute approximate surface area is 40.0 Å². The van der Waals surface area contributed by atoms with Crippen molar-refractivity contribution in [3.63, 3.8) is 0 Å².